The van der Waals surface area contributed by atoms with E-state index in [-0.39, 0.29) is 12.5 Å². The zero-order chi connectivity index (χ0) is 12.3. The molecule has 7 heteroatoms. The van der Waals surface area contributed by atoms with Crippen LogP contribution in [0.25, 0.3) is 0 Å². The van der Waals surface area contributed by atoms with Crippen molar-refractivity contribution in [3.63, 3.8) is 0 Å². The van der Waals surface area contributed by atoms with Crippen LogP contribution in [0.1, 0.15) is 5.56 Å². The van der Waals surface area contributed by atoms with Gasteiger partial charge in [-0.05, 0) is 6.26 Å². The molecule has 0 spiro atoms. The van der Waals surface area contributed by atoms with Crippen LogP contribution in [0.15, 0.2) is 11.4 Å². The molecule has 0 aliphatic carbocycles. The molecule has 0 atom stereocenters. The van der Waals surface area contributed by atoms with Gasteiger partial charge in [0.25, 0.3) is 0 Å². The number of piperazine rings is 1. The quantitative estimate of drug-likeness (QED) is 0.587. The summed E-state index contributed by atoms with van der Waals surface area (Å²) in [6.45, 7) is 1.47. The molecule has 1 aromatic heterocycles. The fraction of sp³-hybridized carbons (Fsp3) is 0.400. The van der Waals surface area contributed by atoms with Gasteiger partial charge in [-0.15, -0.1) is 0 Å². The Bertz CT molecular complexity index is 484. The number of hydrogen-bond acceptors (Lipinski definition) is 6. The number of rotatable bonds is 2. The van der Waals surface area contributed by atoms with E-state index < -0.39 is 0 Å². The van der Waals surface area contributed by atoms with Crippen molar-refractivity contribution in [2.45, 2.75) is 5.16 Å². The molecule has 88 valence electrons. The molecule has 1 aliphatic rings. The number of anilines is 1. The summed E-state index contributed by atoms with van der Waals surface area (Å²) >= 11 is 1.41. The van der Waals surface area contributed by atoms with Crippen LogP contribution in [0.2, 0.25) is 0 Å². The molecular weight excluding hydrogens is 238 g/mol. The van der Waals surface area contributed by atoms with Crippen LogP contribution in [0.5, 0.6) is 0 Å². The second kappa shape index (κ2) is 5.01. The van der Waals surface area contributed by atoms with Crippen LogP contribution >= 0.6 is 11.8 Å². The summed E-state index contributed by atoms with van der Waals surface area (Å²) < 4.78 is 0. The Morgan fingerprint density at radius 1 is 1.65 bits per heavy atom. The van der Waals surface area contributed by atoms with Crippen molar-refractivity contribution >= 4 is 23.5 Å². The summed E-state index contributed by atoms with van der Waals surface area (Å²) in [7, 11) is 0. The van der Waals surface area contributed by atoms with Gasteiger partial charge >= 0.3 is 0 Å². The second-order valence-corrected chi connectivity index (χ2v) is 4.25. The fourth-order valence-corrected chi connectivity index (χ4v) is 1.93. The number of amides is 1. The second-order valence-electron chi connectivity index (χ2n) is 3.48. The first kappa shape index (κ1) is 11.7. The molecule has 0 saturated carbocycles. The molecule has 0 bridgehead atoms. The summed E-state index contributed by atoms with van der Waals surface area (Å²) in [5.74, 6) is 0.492. The van der Waals surface area contributed by atoms with Crippen LogP contribution in [0, 0.1) is 11.3 Å². The van der Waals surface area contributed by atoms with Crippen molar-refractivity contribution in [2.24, 2.45) is 0 Å². The van der Waals surface area contributed by atoms with Crippen LogP contribution in [-0.2, 0) is 4.79 Å². The molecule has 1 N–H and O–H groups in total. The summed E-state index contributed by atoms with van der Waals surface area (Å²) in [5, 5.41) is 12.4. The molecule has 0 unspecified atom stereocenters. The molecule has 1 saturated heterocycles. The van der Waals surface area contributed by atoms with E-state index in [9.17, 15) is 4.79 Å². The highest BCUT2D eigenvalue weighted by atomic mass is 32.2. The van der Waals surface area contributed by atoms with E-state index in [1.54, 1.807) is 4.90 Å². The standard InChI is InChI=1S/C10H11N5OS/c1-17-10-13-5-7(4-11)9(14-10)15-3-2-12-8(16)6-15/h5H,2-3,6H2,1H3,(H,12,16). The number of aromatic nitrogens is 2. The number of carbonyl (C=O) groups excluding carboxylic acids is 1. The molecule has 2 heterocycles. The van der Waals surface area contributed by atoms with E-state index in [1.165, 1.54) is 18.0 Å². The molecule has 6 nitrogen and oxygen atoms in total. The van der Waals surface area contributed by atoms with Crippen LogP contribution in [-0.4, -0.2) is 41.8 Å². The number of nitrogens with zero attached hydrogens (tertiary/aromatic N) is 4. The largest absolute Gasteiger partial charge is 0.353 e. The number of nitrogens with one attached hydrogen (secondary N) is 1. The average Bonchev–Trinajstić information content (AvgIpc) is 2.38. The Hall–Kier alpha value is -1.81. The fourth-order valence-electron chi connectivity index (χ4n) is 1.59. The number of carbonyl (C=O) groups is 1. The maximum absolute atomic E-state index is 11.3. The lowest BCUT2D eigenvalue weighted by atomic mass is 10.2. The minimum Gasteiger partial charge on any atom is -0.353 e. The van der Waals surface area contributed by atoms with Gasteiger partial charge in [-0.1, -0.05) is 11.8 Å². The van der Waals surface area contributed by atoms with E-state index in [2.05, 4.69) is 21.4 Å². The normalized spacial score (nSPS) is 15.3. The molecule has 1 amide bonds. The Balaban J connectivity index is 2.35. The van der Waals surface area contributed by atoms with Crippen LogP contribution in [0.3, 0.4) is 0 Å². The first-order valence-corrected chi connectivity index (χ1v) is 6.30. The zero-order valence-corrected chi connectivity index (χ0v) is 10.1. The Labute approximate surface area is 103 Å². The molecule has 1 aromatic rings. The summed E-state index contributed by atoms with van der Waals surface area (Å²) in [6, 6.07) is 2.05. The summed E-state index contributed by atoms with van der Waals surface area (Å²) in [4.78, 5) is 21.5. The van der Waals surface area contributed by atoms with Crippen molar-refractivity contribution < 1.29 is 4.79 Å². The van der Waals surface area contributed by atoms with Gasteiger partial charge in [0, 0.05) is 13.1 Å². The molecule has 1 aliphatic heterocycles. The third kappa shape index (κ3) is 2.47. The Morgan fingerprint density at radius 2 is 2.47 bits per heavy atom. The monoisotopic (exact) mass is 249 g/mol. The van der Waals surface area contributed by atoms with Crippen molar-refractivity contribution in [3.8, 4) is 6.07 Å². The lowest BCUT2D eigenvalue weighted by molar-refractivity contribution is -0.120. The smallest absolute Gasteiger partial charge is 0.239 e. The van der Waals surface area contributed by atoms with Gasteiger partial charge in [0.15, 0.2) is 11.0 Å². The van der Waals surface area contributed by atoms with Crippen molar-refractivity contribution in [3.05, 3.63) is 11.8 Å². The van der Waals surface area contributed by atoms with E-state index in [1.807, 2.05) is 6.26 Å². The van der Waals surface area contributed by atoms with Crippen molar-refractivity contribution in [1.82, 2.24) is 15.3 Å². The van der Waals surface area contributed by atoms with Gasteiger partial charge in [0.2, 0.25) is 5.91 Å². The maximum atomic E-state index is 11.3. The van der Waals surface area contributed by atoms with E-state index in [0.29, 0.717) is 29.6 Å². The third-order valence-corrected chi connectivity index (χ3v) is 2.95. The van der Waals surface area contributed by atoms with E-state index >= 15 is 0 Å². The minimum atomic E-state index is -0.0514. The molecule has 2 rings (SSSR count). The van der Waals surface area contributed by atoms with Crippen LogP contribution < -0.4 is 10.2 Å². The summed E-state index contributed by atoms with van der Waals surface area (Å²) in [5.41, 5.74) is 0.400. The maximum Gasteiger partial charge on any atom is 0.239 e. The minimum absolute atomic E-state index is 0.0514. The SMILES string of the molecule is CSc1ncc(C#N)c(N2CCNC(=O)C2)n1. The first-order valence-electron chi connectivity index (χ1n) is 5.07. The number of thioether (sulfide) groups is 1. The number of nitriles is 1. The van der Waals surface area contributed by atoms with Crippen molar-refractivity contribution in [2.75, 3.05) is 30.8 Å². The van der Waals surface area contributed by atoms with Crippen LogP contribution in [0.4, 0.5) is 5.82 Å². The zero-order valence-electron chi connectivity index (χ0n) is 9.30. The molecule has 0 aromatic carbocycles. The molecular formula is C10H11N5OS. The van der Waals surface area contributed by atoms with Gasteiger partial charge < -0.3 is 10.2 Å². The van der Waals surface area contributed by atoms with Gasteiger partial charge in [-0.25, -0.2) is 9.97 Å². The van der Waals surface area contributed by atoms with Gasteiger partial charge in [0.05, 0.1) is 12.7 Å². The van der Waals surface area contributed by atoms with Gasteiger partial charge in [0.1, 0.15) is 11.6 Å². The van der Waals surface area contributed by atoms with Gasteiger partial charge in [-0.3, -0.25) is 4.79 Å². The molecule has 17 heavy (non-hydrogen) atoms. The lowest BCUT2D eigenvalue weighted by Crippen LogP contribution is -2.48. The molecule has 0 radical (unpaired) electrons. The Morgan fingerprint density at radius 3 is 3.12 bits per heavy atom. The third-order valence-electron chi connectivity index (χ3n) is 2.39. The van der Waals surface area contributed by atoms with Gasteiger partial charge in [-0.2, -0.15) is 5.26 Å². The molecule has 1 fully saturated rings. The van der Waals surface area contributed by atoms with Crippen molar-refractivity contribution in [1.29, 1.82) is 5.26 Å². The Kier molecular flexibility index (Phi) is 3.44. The highest BCUT2D eigenvalue weighted by Crippen LogP contribution is 2.20. The predicted octanol–water partition coefficient (Wildman–Crippen LogP) is 0.00638. The van der Waals surface area contributed by atoms with E-state index in [4.69, 9.17) is 5.26 Å². The first-order chi connectivity index (χ1) is 8.24. The highest BCUT2D eigenvalue weighted by molar-refractivity contribution is 7.98. The topological polar surface area (TPSA) is 81.9 Å². The summed E-state index contributed by atoms with van der Waals surface area (Å²) in [6.07, 6.45) is 3.37. The van der Waals surface area contributed by atoms with E-state index in [0.717, 1.165) is 0 Å². The lowest BCUT2D eigenvalue weighted by Gasteiger charge is -2.28. The highest BCUT2D eigenvalue weighted by Gasteiger charge is 2.20. The predicted molar refractivity (Wildman–Crippen MR) is 63.8 cm³/mol. The number of hydrogen-bond donors (Lipinski definition) is 1. The average molecular weight is 249 g/mol.